The molecule has 0 bridgehead atoms. The Morgan fingerprint density at radius 1 is 0.974 bits per heavy atom. The number of pyridine rings is 1. The Bertz CT molecular complexity index is 1670. The molecule has 0 spiro atoms. The highest BCUT2D eigenvalue weighted by Gasteiger charge is 2.29. The second-order valence-corrected chi connectivity index (χ2v) is 9.13. The van der Waals surface area contributed by atoms with Gasteiger partial charge in [-0.3, -0.25) is 14.7 Å². The standard InChI is InChI=1S/C30H26N6O2/c1-21-31-15-16-35(21)25-12-10-22(11-13-25)27-19-33-30(34(27)2)26(18-24-8-5-6-14-32-24)36(20-37)29-17-23-7-3-4-9-28(23)38-29/h3-17,19-20,26H,18H2,1-2H3/t26-/m0/s1. The quantitative estimate of drug-likeness (QED) is 0.251. The van der Waals surface area contributed by atoms with Gasteiger partial charge in [0.1, 0.15) is 23.3 Å². The first kappa shape index (κ1) is 23.4. The van der Waals surface area contributed by atoms with Crippen molar-refractivity contribution in [2.45, 2.75) is 19.4 Å². The van der Waals surface area contributed by atoms with Gasteiger partial charge < -0.3 is 13.6 Å². The van der Waals surface area contributed by atoms with Crippen LogP contribution in [0, 0.1) is 6.92 Å². The lowest BCUT2D eigenvalue weighted by Gasteiger charge is -2.26. The first-order valence-electron chi connectivity index (χ1n) is 12.4. The molecule has 0 unspecified atom stereocenters. The van der Waals surface area contributed by atoms with E-state index in [1.165, 1.54) is 0 Å². The lowest BCUT2D eigenvalue weighted by atomic mass is 10.1. The minimum absolute atomic E-state index is 0.436. The fourth-order valence-corrected chi connectivity index (χ4v) is 4.85. The van der Waals surface area contributed by atoms with Crippen LogP contribution in [0.5, 0.6) is 0 Å². The summed E-state index contributed by atoms with van der Waals surface area (Å²) in [7, 11) is 1.97. The van der Waals surface area contributed by atoms with Crippen LogP contribution in [0.4, 0.5) is 5.88 Å². The zero-order valence-corrected chi connectivity index (χ0v) is 21.1. The van der Waals surface area contributed by atoms with Gasteiger partial charge in [0.2, 0.25) is 12.3 Å². The number of anilines is 1. The molecule has 1 amide bonds. The predicted octanol–water partition coefficient (Wildman–Crippen LogP) is 5.67. The van der Waals surface area contributed by atoms with Crippen molar-refractivity contribution in [3.05, 3.63) is 115 Å². The maximum absolute atomic E-state index is 12.6. The molecule has 1 atom stereocenters. The van der Waals surface area contributed by atoms with E-state index in [0.717, 1.165) is 51.7 Å². The molecule has 38 heavy (non-hydrogen) atoms. The van der Waals surface area contributed by atoms with E-state index in [2.05, 4.69) is 34.2 Å². The second-order valence-electron chi connectivity index (χ2n) is 9.13. The van der Waals surface area contributed by atoms with Crippen molar-refractivity contribution in [2.75, 3.05) is 4.90 Å². The number of rotatable bonds is 8. The van der Waals surface area contributed by atoms with Gasteiger partial charge in [0, 0.05) is 54.9 Å². The van der Waals surface area contributed by atoms with E-state index in [1.54, 1.807) is 17.3 Å². The van der Waals surface area contributed by atoms with E-state index in [4.69, 9.17) is 9.40 Å². The Kier molecular flexibility index (Phi) is 6.05. The second kappa shape index (κ2) is 9.82. The van der Waals surface area contributed by atoms with E-state index in [-0.39, 0.29) is 0 Å². The van der Waals surface area contributed by atoms with E-state index < -0.39 is 6.04 Å². The van der Waals surface area contributed by atoms with Crippen molar-refractivity contribution < 1.29 is 9.21 Å². The number of amides is 1. The molecule has 4 heterocycles. The monoisotopic (exact) mass is 502 g/mol. The minimum Gasteiger partial charge on any atom is -0.440 e. The SMILES string of the molecule is Cc1nccn1-c1ccc(-c2cnc([C@H](Cc3ccccn3)N(C=O)c3cc4ccccc4o3)n2C)cc1. The van der Waals surface area contributed by atoms with Crippen LogP contribution >= 0.6 is 0 Å². The summed E-state index contributed by atoms with van der Waals surface area (Å²) in [5.41, 5.74) is 4.57. The number of carbonyl (C=O) groups is 1. The normalized spacial score (nSPS) is 12.1. The molecule has 0 N–H and O–H groups in total. The van der Waals surface area contributed by atoms with Gasteiger partial charge in [-0.25, -0.2) is 9.97 Å². The molecule has 0 aliphatic rings. The summed E-state index contributed by atoms with van der Waals surface area (Å²) in [4.78, 5) is 27.8. The van der Waals surface area contributed by atoms with Crippen molar-refractivity contribution in [1.29, 1.82) is 0 Å². The van der Waals surface area contributed by atoms with Gasteiger partial charge in [-0.1, -0.05) is 36.4 Å². The molecule has 6 aromatic rings. The lowest BCUT2D eigenvalue weighted by Crippen LogP contribution is -2.31. The van der Waals surface area contributed by atoms with Gasteiger partial charge in [-0.05, 0) is 42.8 Å². The van der Waals surface area contributed by atoms with E-state index in [0.29, 0.717) is 12.3 Å². The number of aromatic nitrogens is 5. The maximum Gasteiger partial charge on any atom is 0.217 e. The number of fused-ring (bicyclic) bond motifs is 1. The minimum atomic E-state index is -0.436. The molecular formula is C30H26N6O2. The molecular weight excluding hydrogens is 476 g/mol. The molecule has 8 nitrogen and oxygen atoms in total. The van der Waals surface area contributed by atoms with Crippen molar-refractivity contribution in [1.82, 2.24) is 24.1 Å². The molecule has 0 aliphatic heterocycles. The van der Waals surface area contributed by atoms with Crippen LogP contribution in [0.2, 0.25) is 0 Å². The number of benzene rings is 2. The summed E-state index contributed by atoms with van der Waals surface area (Å²) < 4.78 is 10.2. The molecule has 4 aromatic heterocycles. The molecule has 6 rings (SSSR count). The topological polar surface area (TPSA) is 82.0 Å². The third-order valence-corrected chi connectivity index (χ3v) is 6.83. The molecule has 0 radical (unpaired) electrons. The number of aryl methyl sites for hydroxylation is 1. The Morgan fingerprint density at radius 2 is 1.79 bits per heavy atom. The Labute approximate surface area is 219 Å². The van der Waals surface area contributed by atoms with Crippen LogP contribution in [-0.2, 0) is 18.3 Å². The maximum atomic E-state index is 12.6. The summed E-state index contributed by atoms with van der Waals surface area (Å²) in [6, 6.07) is 23.2. The van der Waals surface area contributed by atoms with Crippen LogP contribution in [0.1, 0.15) is 23.4 Å². The molecule has 2 aromatic carbocycles. The largest absolute Gasteiger partial charge is 0.440 e. The summed E-state index contributed by atoms with van der Waals surface area (Å²) in [5, 5.41) is 0.930. The highest BCUT2D eigenvalue weighted by molar-refractivity contribution is 5.85. The molecule has 0 fully saturated rings. The fourth-order valence-electron chi connectivity index (χ4n) is 4.85. The van der Waals surface area contributed by atoms with Crippen LogP contribution < -0.4 is 4.90 Å². The van der Waals surface area contributed by atoms with Crippen LogP contribution in [0.25, 0.3) is 27.9 Å². The van der Waals surface area contributed by atoms with Gasteiger partial charge >= 0.3 is 0 Å². The molecule has 0 saturated carbocycles. The number of para-hydroxylation sites is 1. The van der Waals surface area contributed by atoms with E-state index >= 15 is 0 Å². The highest BCUT2D eigenvalue weighted by atomic mass is 16.4. The number of nitrogens with zero attached hydrogens (tertiary/aromatic N) is 6. The molecule has 188 valence electrons. The van der Waals surface area contributed by atoms with Crippen molar-refractivity contribution in [3.8, 4) is 16.9 Å². The summed E-state index contributed by atoms with van der Waals surface area (Å²) in [5.74, 6) is 2.12. The summed E-state index contributed by atoms with van der Waals surface area (Å²) in [6.07, 6.45) is 8.62. The highest BCUT2D eigenvalue weighted by Crippen LogP contribution is 2.34. The molecule has 8 heteroatoms. The smallest absolute Gasteiger partial charge is 0.217 e. The first-order chi connectivity index (χ1) is 18.6. The summed E-state index contributed by atoms with van der Waals surface area (Å²) >= 11 is 0. The number of hydrogen-bond acceptors (Lipinski definition) is 5. The van der Waals surface area contributed by atoms with Crippen molar-refractivity contribution in [3.63, 3.8) is 0 Å². The molecule has 0 aliphatic carbocycles. The van der Waals surface area contributed by atoms with Crippen LogP contribution in [0.3, 0.4) is 0 Å². The number of carbonyl (C=O) groups excluding carboxylic acids is 1. The average Bonchev–Trinajstić information content (AvgIpc) is 3.67. The summed E-state index contributed by atoms with van der Waals surface area (Å²) in [6.45, 7) is 1.98. The van der Waals surface area contributed by atoms with Crippen LogP contribution in [-0.4, -0.2) is 30.5 Å². The Hall–Kier alpha value is -4.98. The third-order valence-electron chi connectivity index (χ3n) is 6.83. The molecule has 0 saturated heterocycles. The number of imidazole rings is 2. The van der Waals surface area contributed by atoms with Gasteiger partial charge in [0.25, 0.3) is 0 Å². The predicted molar refractivity (Wildman–Crippen MR) is 146 cm³/mol. The zero-order valence-electron chi connectivity index (χ0n) is 21.1. The zero-order chi connectivity index (χ0) is 26.1. The fraction of sp³-hybridized carbons (Fsp3) is 0.133. The van der Waals surface area contributed by atoms with Gasteiger partial charge in [-0.2, -0.15) is 0 Å². The lowest BCUT2D eigenvalue weighted by molar-refractivity contribution is -0.108. The first-order valence-corrected chi connectivity index (χ1v) is 12.4. The van der Waals surface area contributed by atoms with Gasteiger partial charge in [0.05, 0.1) is 11.9 Å². The number of hydrogen-bond donors (Lipinski definition) is 0. The van der Waals surface area contributed by atoms with Crippen molar-refractivity contribution >= 4 is 23.3 Å². The van der Waals surface area contributed by atoms with Crippen LogP contribution in [0.15, 0.2) is 102 Å². The average molecular weight is 503 g/mol. The number of furan rings is 1. The van der Waals surface area contributed by atoms with Gasteiger partial charge in [-0.15, -0.1) is 0 Å². The Morgan fingerprint density at radius 3 is 2.50 bits per heavy atom. The van der Waals surface area contributed by atoms with E-state index in [9.17, 15) is 4.79 Å². The van der Waals surface area contributed by atoms with E-state index in [1.807, 2.05) is 84.0 Å². The Balaban J connectivity index is 1.39. The van der Waals surface area contributed by atoms with Gasteiger partial charge in [0.15, 0.2) is 0 Å². The van der Waals surface area contributed by atoms with Crippen molar-refractivity contribution in [2.24, 2.45) is 7.05 Å². The third kappa shape index (κ3) is 4.26.